The SMILES string of the molecule is C=CCc1sc(N)c(C(=O)OCC)c1CCCCC. The van der Waals surface area contributed by atoms with Gasteiger partial charge in [0, 0.05) is 4.88 Å². The fraction of sp³-hybridized carbons (Fsp3) is 0.533. The Morgan fingerprint density at radius 3 is 2.74 bits per heavy atom. The van der Waals surface area contributed by atoms with Gasteiger partial charge in [0.2, 0.25) is 0 Å². The highest BCUT2D eigenvalue weighted by atomic mass is 32.1. The number of carbonyl (C=O) groups excluding carboxylic acids is 1. The predicted molar refractivity (Wildman–Crippen MR) is 81.8 cm³/mol. The lowest BCUT2D eigenvalue weighted by atomic mass is 10.0. The molecule has 4 heteroatoms. The lowest BCUT2D eigenvalue weighted by Crippen LogP contribution is -2.09. The van der Waals surface area contributed by atoms with Crippen LogP contribution in [0.4, 0.5) is 5.00 Å². The van der Waals surface area contributed by atoms with Gasteiger partial charge in [0.25, 0.3) is 0 Å². The van der Waals surface area contributed by atoms with E-state index >= 15 is 0 Å². The van der Waals surface area contributed by atoms with Gasteiger partial charge in [-0.05, 0) is 31.7 Å². The van der Waals surface area contributed by atoms with Gasteiger partial charge >= 0.3 is 5.97 Å². The summed E-state index contributed by atoms with van der Waals surface area (Å²) in [6, 6.07) is 0. The summed E-state index contributed by atoms with van der Waals surface area (Å²) in [5.41, 5.74) is 7.64. The molecule has 0 unspecified atom stereocenters. The zero-order chi connectivity index (χ0) is 14.3. The number of hydrogen-bond donors (Lipinski definition) is 1. The molecule has 0 spiro atoms. The summed E-state index contributed by atoms with van der Waals surface area (Å²) in [7, 11) is 0. The first-order valence-corrected chi connectivity index (χ1v) is 7.65. The summed E-state index contributed by atoms with van der Waals surface area (Å²) < 4.78 is 5.11. The van der Waals surface area contributed by atoms with E-state index in [0.29, 0.717) is 17.2 Å². The van der Waals surface area contributed by atoms with Gasteiger partial charge in [0.1, 0.15) is 5.00 Å². The molecule has 1 heterocycles. The van der Waals surface area contributed by atoms with Crippen molar-refractivity contribution in [2.45, 2.75) is 46.0 Å². The van der Waals surface area contributed by atoms with Gasteiger partial charge in [-0.1, -0.05) is 25.8 Å². The number of nitrogens with two attached hydrogens (primary N) is 1. The van der Waals surface area contributed by atoms with Gasteiger partial charge < -0.3 is 10.5 Å². The van der Waals surface area contributed by atoms with Crippen LogP contribution in [0, 0.1) is 0 Å². The molecular formula is C15H23NO2S. The first-order chi connectivity index (χ1) is 9.15. The van der Waals surface area contributed by atoms with E-state index in [9.17, 15) is 4.79 Å². The molecule has 0 radical (unpaired) electrons. The molecule has 0 atom stereocenters. The van der Waals surface area contributed by atoms with E-state index in [1.807, 2.05) is 13.0 Å². The molecule has 1 rings (SSSR count). The number of nitrogen functional groups attached to an aromatic ring is 1. The molecule has 1 aromatic rings. The van der Waals surface area contributed by atoms with Crippen LogP contribution in [0.15, 0.2) is 12.7 Å². The summed E-state index contributed by atoms with van der Waals surface area (Å²) in [6.07, 6.45) is 6.89. The number of esters is 1. The van der Waals surface area contributed by atoms with Crippen molar-refractivity contribution in [2.75, 3.05) is 12.3 Å². The van der Waals surface area contributed by atoms with E-state index in [1.165, 1.54) is 11.3 Å². The Bertz CT molecular complexity index is 438. The quantitative estimate of drug-likeness (QED) is 0.445. The molecule has 0 fully saturated rings. The molecule has 0 aliphatic rings. The molecule has 0 saturated heterocycles. The number of allylic oxidation sites excluding steroid dienone is 1. The van der Waals surface area contributed by atoms with Crippen molar-refractivity contribution in [3.05, 3.63) is 28.7 Å². The Morgan fingerprint density at radius 1 is 1.42 bits per heavy atom. The maximum absolute atomic E-state index is 12.0. The maximum Gasteiger partial charge on any atom is 0.341 e. The number of thiophene rings is 1. The van der Waals surface area contributed by atoms with Crippen LogP contribution in [-0.4, -0.2) is 12.6 Å². The van der Waals surface area contributed by atoms with Gasteiger partial charge in [-0.2, -0.15) is 0 Å². The molecule has 106 valence electrons. The number of unbranched alkanes of at least 4 members (excludes halogenated alkanes) is 2. The van der Waals surface area contributed by atoms with Crippen LogP contribution in [0.3, 0.4) is 0 Å². The molecule has 0 aromatic carbocycles. The van der Waals surface area contributed by atoms with E-state index in [4.69, 9.17) is 10.5 Å². The highest BCUT2D eigenvalue weighted by Gasteiger charge is 2.22. The van der Waals surface area contributed by atoms with Gasteiger partial charge in [0.15, 0.2) is 0 Å². The zero-order valence-electron chi connectivity index (χ0n) is 11.8. The van der Waals surface area contributed by atoms with E-state index in [1.54, 1.807) is 0 Å². The predicted octanol–water partition coefficient (Wildman–Crippen LogP) is 3.97. The fourth-order valence-corrected chi connectivity index (χ4v) is 3.18. The number of carbonyl (C=O) groups is 1. The Kier molecular flexibility index (Phi) is 6.64. The number of anilines is 1. The van der Waals surface area contributed by atoms with Crippen molar-refractivity contribution in [1.29, 1.82) is 0 Å². The average Bonchev–Trinajstić information content (AvgIpc) is 2.67. The minimum atomic E-state index is -0.293. The third kappa shape index (κ3) is 4.10. The topological polar surface area (TPSA) is 52.3 Å². The Balaban J connectivity index is 3.04. The normalized spacial score (nSPS) is 10.4. The zero-order valence-corrected chi connectivity index (χ0v) is 12.6. The molecule has 0 amide bonds. The monoisotopic (exact) mass is 281 g/mol. The number of rotatable bonds is 8. The minimum absolute atomic E-state index is 0.293. The first-order valence-electron chi connectivity index (χ1n) is 6.83. The van der Waals surface area contributed by atoms with Gasteiger partial charge in [-0.3, -0.25) is 0 Å². The lowest BCUT2D eigenvalue weighted by molar-refractivity contribution is 0.0527. The lowest BCUT2D eigenvalue weighted by Gasteiger charge is -2.07. The van der Waals surface area contributed by atoms with Crippen LogP contribution >= 0.6 is 11.3 Å². The van der Waals surface area contributed by atoms with Crippen LogP contribution in [0.5, 0.6) is 0 Å². The fourth-order valence-electron chi connectivity index (χ4n) is 2.07. The summed E-state index contributed by atoms with van der Waals surface area (Å²) in [5.74, 6) is -0.293. The van der Waals surface area contributed by atoms with Crippen molar-refractivity contribution in [2.24, 2.45) is 0 Å². The van der Waals surface area contributed by atoms with Crippen LogP contribution in [0.2, 0.25) is 0 Å². The van der Waals surface area contributed by atoms with Crippen LogP contribution in [0.25, 0.3) is 0 Å². The number of ether oxygens (including phenoxy) is 1. The van der Waals surface area contributed by atoms with Crippen LogP contribution < -0.4 is 5.73 Å². The largest absolute Gasteiger partial charge is 0.462 e. The minimum Gasteiger partial charge on any atom is -0.462 e. The van der Waals surface area contributed by atoms with E-state index in [-0.39, 0.29) is 5.97 Å². The summed E-state index contributed by atoms with van der Waals surface area (Å²) in [5, 5.41) is 0.571. The van der Waals surface area contributed by atoms with E-state index in [2.05, 4.69) is 13.5 Å². The highest BCUT2D eigenvalue weighted by Crippen LogP contribution is 2.33. The van der Waals surface area contributed by atoms with Gasteiger partial charge in [-0.25, -0.2) is 4.79 Å². The van der Waals surface area contributed by atoms with Crippen molar-refractivity contribution < 1.29 is 9.53 Å². The van der Waals surface area contributed by atoms with Gasteiger partial charge in [-0.15, -0.1) is 17.9 Å². The molecule has 0 saturated carbocycles. The Hall–Kier alpha value is -1.29. The standard InChI is InChI=1S/C15H23NO2S/c1-4-7-8-10-11-12(9-5-2)19-14(16)13(11)15(17)18-6-3/h5H,2,4,6-10,16H2,1,3H3. The molecule has 3 nitrogen and oxygen atoms in total. The van der Waals surface area contributed by atoms with Gasteiger partial charge in [0.05, 0.1) is 12.2 Å². The summed E-state index contributed by atoms with van der Waals surface area (Å²) >= 11 is 1.48. The smallest absolute Gasteiger partial charge is 0.341 e. The Labute approximate surface area is 119 Å². The van der Waals surface area contributed by atoms with Crippen molar-refractivity contribution in [3.8, 4) is 0 Å². The second kappa shape index (κ2) is 8.00. The van der Waals surface area contributed by atoms with Crippen LogP contribution in [0.1, 0.15) is 53.9 Å². The summed E-state index contributed by atoms with van der Waals surface area (Å²) in [4.78, 5) is 13.2. The van der Waals surface area contributed by atoms with Crippen molar-refractivity contribution >= 4 is 22.3 Å². The third-order valence-corrected chi connectivity index (χ3v) is 4.04. The molecule has 2 N–H and O–H groups in total. The second-order valence-electron chi connectivity index (χ2n) is 4.41. The summed E-state index contributed by atoms with van der Waals surface area (Å²) in [6.45, 7) is 8.11. The number of hydrogen-bond acceptors (Lipinski definition) is 4. The van der Waals surface area contributed by atoms with Crippen molar-refractivity contribution in [1.82, 2.24) is 0 Å². The second-order valence-corrected chi connectivity index (χ2v) is 5.55. The van der Waals surface area contributed by atoms with Crippen molar-refractivity contribution in [3.63, 3.8) is 0 Å². The maximum atomic E-state index is 12.0. The molecular weight excluding hydrogens is 258 g/mol. The average molecular weight is 281 g/mol. The third-order valence-electron chi connectivity index (χ3n) is 2.96. The van der Waals surface area contributed by atoms with E-state index in [0.717, 1.165) is 42.5 Å². The first kappa shape index (κ1) is 15.8. The Morgan fingerprint density at radius 2 is 2.16 bits per heavy atom. The molecule has 0 aliphatic carbocycles. The highest BCUT2D eigenvalue weighted by molar-refractivity contribution is 7.16. The molecule has 0 bridgehead atoms. The molecule has 19 heavy (non-hydrogen) atoms. The van der Waals surface area contributed by atoms with E-state index < -0.39 is 0 Å². The molecule has 1 aromatic heterocycles. The van der Waals surface area contributed by atoms with Crippen LogP contribution in [-0.2, 0) is 17.6 Å². The molecule has 0 aliphatic heterocycles.